The van der Waals surface area contributed by atoms with Crippen molar-refractivity contribution in [2.24, 2.45) is 0 Å². The summed E-state index contributed by atoms with van der Waals surface area (Å²) in [5.41, 5.74) is 3.42. The third-order valence-corrected chi connectivity index (χ3v) is 5.57. The maximum Gasteiger partial charge on any atom is 0.317 e. The van der Waals surface area contributed by atoms with Gasteiger partial charge in [-0.2, -0.15) is 4.98 Å². The second-order valence-electron chi connectivity index (χ2n) is 7.67. The van der Waals surface area contributed by atoms with Gasteiger partial charge in [0, 0.05) is 37.6 Å². The highest BCUT2D eigenvalue weighted by molar-refractivity contribution is 6.04. The summed E-state index contributed by atoms with van der Waals surface area (Å²) in [7, 11) is 1.60. The zero-order valence-electron chi connectivity index (χ0n) is 17.6. The Bertz CT molecular complexity index is 1320. The van der Waals surface area contributed by atoms with Crippen LogP contribution in [0.5, 0.6) is 0 Å². The Balaban J connectivity index is 1.34. The average molecular weight is 431 g/mol. The molecule has 0 atom stereocenters. The molecule has 2 N–H and O–H groups in total. The van der Waals surface area contributed by atoms with Crippen molar-refractivity contribution in [3.63, 3.8) is 0 Å². The highest BCUT2D eigenvalue weighted by atomic mass is 16.5. The van der Waals surface area contributed by atoms with Crippen molar-refractivity contribution in [1.82, 2.24) is 29.7 Å². The van der Waals surface area contributed by atoms with Gasteiger partial charge in [0.15, 0.2) is 0 Å². The van der Waals surface area contributed by atoms with Gasteiger partial charge >= 0.3 is 6.03 Å². The summed E-state index contributed by atoms with van der Waals surface area (Å²) in [5, 5.41) is 9.64. The van der Waals surface area contributed by atoms with Gasteiger partial charge in [-0.3, -0.25) is 9.20 Å². The van der Waals surface area contributed by atoms with E-state index < -0.39 is 0 Å². The van der Waals surface area contributed by atoms with Gasteiger partial charge in [-0.15, -0.1) is 0 Å². The third-order valence-electron chi connectivity index (χ3n) is 5.57. The first kappa shape index (κ1) is 19.7. The molecule has 1 saturated heterocycles. The predicted octanol–water partition coefficient (Wildman–Crippen LogP) is 2.68. The number of hydrogen-bond acceptors (Lipinski definition) is 6. The summed E-state index contributed by atoms with van der Waals surface area (Å²) in [6.45, 7) is 2.99. The van der Waals surface area contributed by atoms with E-state index in [0.29, 0.717) is 41.8 Å². The molecule has 3 amide bonds. The smallest absolute Gasteiger partial charge is 0.317 e. The topological polar surface area (TPSA) is 118 Å². The molecular formula is C22H21N7O3. The number of anilines is 1. The highest BCUT2D eigenvalue weighted by Gasteiger charge is 2.35. The van der Waals surface area contributed by atoms with Crippen LogP contribution < -0.4 is 10.6 Å². The Kier molecular flexibility index (Phi) is 4.81. The number of nitrogens with zero attached hydrogens (tertiary/aromatic N) is 5. The van der Waals surface area contributed by atoms with Crippen molar-refractivity contribution in [2.45, 2.75) is 12.8 Å². The van der Waals surface area contributed by atoms with Crippen LogP contribution >= 0.6 is 0 Å². The van der Waals surface area contributed by atoms with E-state index >= 15 is 0 Å². The number of imidazole rings is 1. The van der Waals surface area contributed by atoms with Crippen LogP contribution in [-0.4, -0.2) is 56.5 Å². The maximum atomic E-state index is 12.9. The highest BCUT2D eigenvalue weighted by Crippen LogP contribution is 2.29. The molecule has 10 nitrogen and oxygen atoms in total. The van der Waals surface area contributed by atoms with Crippen molar-refractivity contribution < 1.29 is 14.1 Å². The van der Waals surface area contributed by atoms with Crippen molar-refractivity contribution in [1.29, 1.82) is 0 Å². The molecule has 0 unspecified atom stereocenters. The van der Waals surface area contributed by atoms with Crippen LogP contribution in [-0.2, 0) is 0 Å². The first-order valence-corrected chi connectivity index (χ1v) is 10.2. The zero-order chi connectivity index (χ0) is 22.2. The molecule has 162 valence electrons. The molecule has 0 bridgehead atoms. The Morgan fingerprint density at radius 2 is 2.03 bits per heavy atom. The fraction of sp³-hybridized carbons (Fsp3) is 0.227. The van der Waals surface area contributed by atoms with Gasteiger partial charge in [0.1, 0.15) is 11.3 Å². The number of aryl methyl sites for hydroxylation is 1. The number of nitrogens with one attached hydrogen (secondary N) is 2. The van der Waals surface area contributed by atoms with Gasteiger partial charge in [-0.25, -0.2) is 9.78 Å². The number of benzene rings is 1. The molecule has 1 aliphatic rings. The van der Waals surface area contributed by atoms with Gasteiger partial charge in [0.25, 0.3) is 5.91 Å². The Morgan fingerprint density at radius 1 is 1.19 bits per heavy atom. The summed E-state index contributed by atoms with van der Waals surface area (Å²) in [5.74, 6) is 0.690. The standard InChI is InChI=1S/C22H21N7O3/c1-13-6-7-14(19-26-21(32-27-19)15-11-28(12-15)22(31)23-2)9-16(13)25-20(30)17-10-24-18-5-3-4-8-29(17)18/h3-10,15H,11-12H2,1-2H3,(H,23,31)(H,25,30). The largest absolute Gasteiger partial charge is 0.341 e. The van der Waals surface area contributed by atoms with E-state index in [4.69, 9.17) is 4.52 Å². The second kappa shape index (κ2) is 7.80. The summed E-state index contributed by atoms with van der Waals surface area (Å²) >= 11 is 0. The number of fused-ring (bicyclic) bond motifs is 1. The molecule has 1 fully saturated rings. The number of likely N-dealkylation sites (tertiary alicyclic amines) is 1. The minimum atomic E-state index is -0.262. The lowest BCUT2D eigenvalue weighted by molar-refractivity contribution is 0.102. The van der Waals surface area contributed by atoms with Crippen molar-refractivity contribution in [3.8, 4) is 11.4 Å². The molecule has 0 aliphatic carbocycles. The molecule has 0 radical (unpaired) electrons. The maximum absolute atomic E-state index is 12.9. The fourth-order valence-corrected chi connectivity index (χ4v) is 3.66. The SMILES string of the molecule is CNC(=O)N1CC(c2nc(-c3ccc(C)c(NC(=O)c4cnc5ccccn45)c3)no2)C1. The summed E-state index contributed by atoms with van der Waals surface area (Å²) in [6.07, 6.45) is 3.35. The first-order valence-electron chi connectivity index (χ1n) is 10.2. The molecule has 0 spiro atoms. The molecule has 3 aromatic heterocycles. The van der Waals surface area contributed by atoms with E-state index in [1.54, 1.807) is 28.7 Å². The number of amides is 3. The monoisotopic (exact) mass is 431 g/mol. The number of urea groups is 1. The van der Waals surface area contributed by atoms with Crippen LogP contribution in [0.25, 0.3) is 17.0 Å². The molecule has 4 heterocycles. The van der Waals surface area contributed by atoms with E-state index in [2.05, 4.69) is 25.8 Å². The van der Waals surface area contributed by atoms with Crippen LogP contribution in [0.15, 0.2) is 53.3 Å². The number of carbonyl (C=O) groups is 2. The van der Waals surface area contributed by atoms with Gasteiger partial charge in [-0.05, 0) is 30.7 Å². The van der Waals surface area contributed by atoms with Crippen LogP contribution in [0.1, 0.15) is 27.9 Å². The fourth-order valence-electron chi connectivity index (χ4n) is 3.66. The minimum absolute atomic E-state index is 0.0216. The first-order chi connectivity index (χ1) is 15.5. The molecule has 1 aliphatic heterocycles. The molecule has 32 heavy (non-hydrogen) atoms. The van der Waals surface area contributed by atoms with E-state index in [1.807, 2.05) is 43.3 Å². The lowest BCUT2D eigenvalue weighted by atomic mass is 10.0. The number of rotatable bonds is 4. The van der Waals surface area contributed by atoms with Gasteiger partial charge in [-0.1, -0.05) is 23.4 Å². The second-order valence-corrected chi connectivity index (χ2v) is 7.67. The Morgan fingerprint density at radius 3 is 2.84 bits per heavy atom. The van der Waals surface area contributed by atoms with Crippen LogP contribution in [0, 0.1) is 6.92 Å². The van der Waals surface area contributed by atoms with Gasteiger partial charge in [0.2, 0.25) is 11.7 Å². The normalized spacial score (nSPS) is 13.8. The molecular weight excluding hydrogens is 410 g/mol. The zero-order valence-corrected chi connectivity index (χ0v) is 17.6. The molecule has 1 aromatic carbocycles. The number of pyridine rings is 1. The molecule has 10 heteroatoms. The van der Waals surface area contributed by atoms with E-state index in [1.165, 1.54) is 0 Å². The van der Waals surface area contributed by atoms with E-state index in [-0.39, 0.29) is 17.9 Å². The molecule has 4 aromatic rings. The van der Waals surface area contributed by atoms with Crippen molar-refractivity contribution in [3.05, 3.63) is 65.9 Å². The van der Waals surface area contributed by atoms with Gasteiger partial charge in [0.05, 0.1) is 12.1 Å². The van der Waals surface area contributed by atoms with Crippen LogP contribution in [0.4, 0.5) is 10.5 Å². The van der Waals surface area contributed by atoms with E-state index in [9.17, 15) is 9.59 Å². The van der Waals surface area contributed by atoms with Crippen LogP contribution in [0.3, 0.4) is 0 Å². The quantitative estimate of drug-likeness (QED) is 0.513. The van der Waals surface area contributed by atoms with Crippen molar-refractivity contribution in [2.75, 3.05) is 25.5 Å². The molecule has 5 rings (SSSR count). The number of carbonyl (C=O) groups excluding carboxylic acids is 2. The Hall–Kier alpha value is -4.21. The summed E-state index contributed by atoms with van der Waals surface area (Å²) < 4.78 is 7.16. The lowest BCUT2D eigenvalue weighted by Crippen LogP contribution is -2.51. The Labute approximate surface area is 183 Å². The average Bonchev–Trinajstić information content (AvgIpc) is 3.41. The summed E-state index contributed by atoms with van der Waals surface area (Å²) in [6, 6.07) is 11.0. The molecule has 0 saturated carbocycles. The number of aromatic nitrogens is 4. The van der Waals surface area contributed by atoms with Crippen LogP contribution in [0.2, 0.25) is 0 Å². The van der Waals surface area contributed by atoms with Crippen molar-refractivity contribution >= 4 is 23.3 Å². The predicted molar refractivity (Wildman–Crippen MR) is 116 cm³/mol. The number of hydrogen-bond donors (Lipinski definition) is 2. The summed E-state index contributed by atoms with van der Waals surface area (Å²) in [4.78, 5) is 34.9. The lowest BCUT2D eigenvalue weighted by Gasteiger charge is -2.36. The van der Waals surface area contributed by atoms with Gasteiger partial charge < -0.3 is 20.1 Å². The minimum Gasteiger partial charge on any atom is -0.341 e. The van der Waals surface area contributed by atoms with E-state index in [0.717, 1.165) is 11.1 Å². The third kappa shape index (κ3) is 3.45.